The maximum absolute atomic E-state index is 5.77. The molecule has 0 saturated heterocycles. The molecule has 0 aliphatic carbocycles. The van der Waals surface area contributed by atoms with E-state index in [1.165, 1.54) is 11.3 Å². The van der Waals surface area contributed by atoms with Gasteiger partial charge in [-0.2, -0.15) is 0 Å². The zero-order valence-corrected chi connectivity index (χ0v) is 10.4. The van der Waals surface area contributed by atoms with E-state index in [2.05, 4.69) is 27.4 Å². The summed E-state index contributed by atoms with van der Waals surface area (Å²) in [5.74, 6) is 0. The van der Waals surface area contributed by atoms with Crippen LogP contribution in [0.15, 0.2) is 6.20 Å². The van der Waals surface area contributed by atoms with Crippen LogP contribution in [0.2, 0.25) is 4.34 Å². The van der Waals surface area contributed by atoms with Gasteiger partial charge in [-0.1, -0.05) is 29.9 Å². The zero-order valence-electron chi connectivity index (χ0n) is 8.03. The standard InChI is InChI=1S/C8H9ClN4S2/c1-2-6-12-13-8(15-6)11-4-7-10-3-5(9)14-7/h3H,2,4H2,1H3,(H,11,13). The third-order valence-corrected chi connectivity index (χ3v) is 3.83. The van der Waals surface area contributed by atoms with E-state index in [4.69, 9.17) is 11.6 Å². The first-order valence-electron chi connectivity index (χ1n) is 4.44. The predicted octanol–water partition coefficient (Wildman–Crippen LogP) is 2.82. The number of nitrogens with one attached hydrogen (secondary N) is 1. The molecule has 0 bridgehead atoms. The third-order valence-electron chi connectivity index (χ3n) is 1.69. The highest BCUT2D eigenvalue weighted by Gasteiger charge is 2.03. The molecule has 0 atom stereocenters. The Bertz CT molecular complexity index is 439. The van der Waals surface area contributed by atoms with Gasteiger partial charge in [0.2, 0.25) is 5.13 Å². The molecule has 0 aromatic carbocycles. The lowest BCUT2D eigenvalue weighted by Gasteiger charge is -1.96. The highest BCUT2D eigenvalue weighted by atomic mass is 35.5. The smallest absolute Gasteiger partial charge is 0.206 e. The molecule has 2 heterocycles. The van der Waals surface area contributed by atoms with Gasteiger partial charge < -0.3 is 5.32 Å². The number of halogens is 1. The van der Waals surface area contributed by atoms with Crippen molar-refractivity contribution in [3.8, 4) is 0 Å². The molecule has 15 heavy (non-hydrogen) atoms. The van der Waals surface area contributed by atoms with E-state index in [0.29, 0.717) is 10.9 Å². The Labute approximate surface area is 100 Å². The van der Waals surface area contributed by atoms with Gasteiger partial charge >= 0.3 is 0 Å². The molecule has 0 fully saturated rings. The number of thiazole rings is 1. The summed E-state index contributed by atoms with van der Waals surface area (Å²) in [6, 6.07) is 0. The fourth-order valence-electron chi connectivity index (χ4n) is 0.989. The maximum atomic E-state index is 5.77. The number of aryl methyl sites for hydroxylation is 1. The Balaban J connectivity index is 1.93. The van der Waals surface area contributed by atoms with Crippen molar-refractivity contribution in [1.29, 1.82) is 0 Å². The Morgan fingerprint density at radius 1 is 1.33 bits per heavy atom. The molecule has 2 rings (SSSR count). The lowest BCUT2D eigenvalue weighted by molar-refractivity contribution is 0.973. The minimum atomic E-state index is 0.649. The van der Waals surface area contributed by atoms with Crippen molar-refractivity contribution in [2.45, 2.75) is 19.9 Å². The minimum absolute atomic E-state index is 0.649. The predicted molar refractivity (Wildman–Crippen MR) is 63.7 cm³/mol. The normalized spacial score (nSPS) is 10.5. The monoisotopic (exact) mass is 260 g/mol. The Morgan fingerprint density at radius 3 is 2.80 bits per heavy atom. The van der Waals surface area contributed by atoms with Crippen molar-refractivity contribution >= 4 is 39.4 Å². The summed E-state index contributed by atoms with van der Waals surface area (Å²) in [5.41, 5.74) is 0. The molecule has 1 N–H and O–H groups in total. The van der Waals surface area contributed by atoms with Crippen molar-refractivity contribution in [2.75, 3.05) is 5.32 Å². The van der Waals surface area contributed by atoms with Gasteiger partial charge in [0.15, 0.2) is 0 Å². The lowest BCUT2D eigenvalue weighted by Crippen LogP contribution is -1.97. The van der Waals surface area contributed by atoms with Gasteiger partial charge in [0.05, 0.1) is 12.7 Å². The molecule has 0 unspecified atom stereocenters. The minimum Gasteiger partial charge on any atom is -0.354 e. The summed E-state index contributed by atoms with van der Waals surface area (Å²) in [6.07, 6.45) is 2.57. The molecule has 4 nitrogen and oxygen atoms in total. The van der Waals surface area contributed by atoms with Gasteiger partial charge in [-0.05, 0) is 6.42 Å². The van der Waals surface area contributed by atoms with Crippen LogP contribution in [0.3, 0.4) is 0 Å². The second-order valence-corrected chi connectivity index (χ2v) is 5.57. The Hall–Kier alpha value is -0.720. The molecule has 0 saturated carbocycles. The second kappa shape index (κ2) is 4.87. The quantitative estimate of drug-likeness (QED) is 0.919. The first-order valence-corrected chi connectivity index (χ1v) is 6.45. The number of nitrogens with zero attached hydrogens (tertiary/aromatic N) is 3. The average Bonchev–Trinajstić information content (AvgIpc) is 2.83. The van der Waals surface area contributed by atoms with Crippen molar-refractivity contribution in [2.24, 2.45) is 0 Å². The van der Waals surface area contributed by atoms with Crippen LogP contribution in [0.4, 0.5) is 5.13 Å². The van der Waals surface area contributed by atoms with Gasteiger partial charge in [-0.15, -0.1) is 21.5 Å². The lowest BCUT2D eigenvalue weighted by atomic mass is 10.5. The van der Waals surface area contributed by atoms with Gasteiger partial charge in [0.1, 0.15) is 14.4 Å². The van der Waals surface area contributed by atoms with Crippen molar-refractivity contribution in [1.82, 2.24) is 15.2 Å². The van der Waals surface area contributed by atoms with Crippen LogP contribution < -0.4 is 5.32 Å². The Kier molecular flexibility index (Phi) is 3.50. The SMILES string of the molecule is CCc1nnc(NCc2ncc(Cl)s2)s1. The molecule has 0 aliphatic heterocycles. The fraction of sp³-hybridized carbons (Fsp3) is 0.375. The number of hydrogen-bond acceptors (Lipinski definition) is 6. The van der Waals surface area contributed by atoms with Crippen molar-refractivity contribution < 1.29 is 0 Å². The molecular formula is C8H9ClN4S2. The van der Waals surface area contributed by atoms with Gasteiger partial charge in [0.25, 0.3) is 0 Å². The van der Waals surface area contributed by atoms with E-state index in [1.807, 2.05) is 0 Å². The highest BCUT2D eigenvalue weighted by Crippen LogP contribution is 2.20. The number of hydrogen-bond donors (Lipinski definition) is 1. The average molecular weight is 261 g/mol. The molecule has 7 heteroatoms. The van der Waals surface area contributed by atoms with Gasteiger partial charge in [-0.25, -0.2) is 4.98 Å². The number of anilines is 1. The van der Waals surface area contributed by atoms with E-state index >= 15 is 0 Å². The largest absolute Gasteiger partial charge is 0.354 e. The van der Waals surface area contributed by atoms with E-state index in [1.54, 1.807) is 17.5 Å². The second-order valence-electron chi connectivity index (χ2n) is 2.77. The summed E-state index contributed by atoms with van der Waals surface area (Å²) in [6.45, 7) is 2.71. The number of aromatic nitrogens is 3. The molecule has 2 aromatic rings. The van der Waals surface area contributed by atoms with Crippen LogP contribution in [0.25, 0.3) is 0 Å². The first kappa shape index (κ1) is 10.8. The molecule has 0 aliphatic rings. The van der Waals surface area contributed by atoms with Crippen molar-refractivity contribution in [3.05, 3.63) is 20.5 Å². The summed E-state index contributed by atoms with van der Waals surface area (Å²) >= 11 is 8.81. The van der Waals surface area contributed by atoms with E-state index < -0.39 is 0 Å². The zero-order chi connectivity index (χ0) is 10.7. The van der Waals surface area contributed by atoms with Crippen LogP contribution >= 0.6 is 34.3 Å². The summed E-state index contributed by atoms with van der Waals surface area (Å²) in [5, 5.41) is 14.0. The van der Waals surface area contributed by atoms with Crippen LogP contribution in [0.1, 0.15) is 16.9 Å². The summed E-state index contributed by atoms with van der Waals surface area (Å²) in [7, 11) is 0. The molecule has 0 spiro atoms. The van der Waals surface area contributed by atoms with Gasteiger partial charge in [0, 0.05) is 0 Å². The molecule has 2 aromatic heterocycles. The van der Waals surface area contributed by atoms with Gasteiger partial charge in [-0.3, -0.25) is 0 Å². The topological polar surface area (TPSA) is 50.7 Å². The molecular weight excluding hydrogens is 252 g/mol. The summed E-state index contributed by atoms with van der Waals surface area (Å²) in [4.78, 5) is 4.14. The van der Waals surface area contributed by atoms with Crippen LogP contribution in [-0.2, 0) is 13.0 Å². The third kappa shape index (κ3) is 2.87. The first-order chi connectivity index (χ1) is 7.28. The number of rotatable bonds is 4. The molecule has 0 amide bonds. The van der Waals surface area contributed by atoms with Crippen LogP contribution in [-0.4, -0.2) is 15.2 Å². The maximum Gasteiger partial charge on any atom is 0.206 e. The van der Waals surface area contributed by atoms with Crippen LogP contribution in [0, 0.1) is 0 Å². The van der Waals surface area contributed by atoms with E-state index in [0.717, 1.165) is 21.6 Å². The Morgan fingerprint density at radius 2 is 2.20 bits per heavy atom. The molecule has 80 valence electrons. The van der Waals surface area contributed by atoms with E-state index in [-0.39, 0.29) is 0 Å². The molecule has 0 radical (unpaired) electrons. The van der Waals surface area contributed by atoms with Crippen molar-refractivity contribution in [3.63, 3.8) is 0 Å². The summed E-state index contributed by atoms with van der Waals surface area (Å²) < 4.78 is 0.707. The fourth-order valence-corrected chi connectivity index (χ4v) is 2.56. The van der Waals surface area contributed by atoms with Crippen LogP contribution in [0.5, 0.6) is 0 Å². The van der Waals surface area contributed by atoms with E-state index in [9.17, 15) is 0 Å². The highest BCUT2D eigenvalue weighted by molar-refractivity contribution is 7.16.